The van der Waals surface area contributed by atoms with Crippen molar-refractivity contribution in [1.29, 1.82) is 0 Å². The molecule has 0 radical (unpaired) electrons. The van der Waals surface area contributed by atoms with Gasteiger partial charge in [0.05, 0.1) is 0 Å². The first-order chi connectivity index (χ1) is 7.21. The fraction of sp³-hybridized carbons (Fsp3) is 0.615. The Balaban J connectivity index is 4.65. The summed E-state index contributed by atoms with van der Waals surface area (Å²) in [5.41, 5.74) is 1.07. The van der Waals surface area contributed by atoms with Crippen molar-refractivity contribution in [1.82, 2.24) is 4.90 Å². The summed E-state index contributed by atoms with van der Waals surface area (Å²) in [6, 6.07) is 0. The van der Waals surface area contributed by atoms with Crippen LogP contribution in [0.1, 0.15) is 46.5 Å². The van der Waals surface area contributed by atoms with E-state index in [-0.39, 0.29) is 5.91 Å². The lowest BCUT2D eigenvalue weighted by molar-refractivity contribution is -0.129. The maximum atomic E-state index is 11.7. The van der Waals surface area contributed by atoms with Gasteiger partial charge in [-0.05, 0) is 18.9 Å². The fourth-order valence-corrected chi connectivity index (χ4v) is 1.47. The van der Waals surface area contributed by atoms with Crippen molar-refractivity contribution in [2.45, 2.75) is 46.5 Å². The Hall–Kier alpha value is -1.05. The van der Waals surface area contributed by atoms with Gasteiger partial charge in [-0.3, -0.25) is 4.79 Å². The zero-order valence-corrected chi connectivity index (χ0v) is 10.3. The molecule has 0 aromatic rings. The van der Waals surface area contributed by atoms with Crippen LogP contribution in [0.5, 0.6) is 0 Å². The predicted octanol–water partition coefficient (Wildman–Crippen LogP) is 3.51. The molecule has 2 nitrogen and oxygen atoms in total. The van der Waals surface area contributed by atoms with Gasteiger partial charge in [-0.2, -0.15) is 0 Å². The number of allylic oxidation sites excluding steroid dienone is 3. The third-order valence-electron chi connectivity index (χ3n) is 2.36. The molecule has 0 aliphatic rings. The Morgan fingerprint density at radius 3 is 2.33 bits per heavy atom. The molecule has 0 bridgehead atoms. The van der Waals surface area contributed by atoms with Gasteiger partial charge in [-0.1, -0.05) is 39.8 Å². The van der Waals surface area contributed by atoms with E-state index in [0.717, 1.165) is 31.5 Å². The topological polar surface area (TPSA) is 20.3 Å². The van der Waals surface area contributed by atoms with Crippen molar-refractivity contribution >= 4 is 5.91 Å². The minimum absolute atomic E-state index is 0.207. The van der Waals surface area contributed by atoms with Gasteiger partial charge in [0.15, 0.2) is 0 Å². The third-order valence-corrected chi connectivity index (χ3v) is 2.36. The number of unbranched alkanes of at least 4 members (excludes halogenated alkanes) is 1. The van der Waals surface area contributed by atoms with Gasteiger partial charge in [0, 0.05) is 18.7 Å². The molecule has 0 unspecified atom stereocenters. The number of rotatable bonds is 7. The molecule has 0 atom stereocenters. The monoisotopic (exact) mass is 209 g/mol. The van der Waals surface area contributed by atoms with E-state index >= 15 is 0 Å². The molecular weight excluding hydrogens is 186 g/mol. The molecule has 0 aromatic carbocycles. The van der Waals surface area contributed by atoms with Crippen LogP contribution in [0.25, 0.3) is 0 Å². The van der Waals surface area contributed by atoms with Crippen molar-refractivity contribution in [2.24, 2.45) is 0 Å². The van der Waals surface area contributed by atoms with Crippen LogP contribution in [0.15, 0.2) is 24.4 Å². The van der Waals surface area contributed by atoms with E-state index in [2.05, 4.69) is 20.4 Å². The van der Waals surface area contributed by atoms with Crippen LogP contribution >= 0.6 is 0 Å². The molecule has 0 aliphatic carbocycles. The summed E-state index contributed by atoms with van der Waals surface area (Å²) >= 11 is 0. The molecule has 0 saturated carbocycles. The lowest BCUT2D eigenvalue weighted by Crippen LogP contribution is -2.30. The van der Waals surface area contributed by atoms with Crippen molar-refractivity contribution in [3.8, 4) is 0 Å². The number of hydrogen-bond acceptors (Lipinski definition) is 1. The molecule has 0 saturated heterocycles. The highest BCUT2D eigenvalue weighted by molar-refractivity contribution is 5.77. The molecular formula is C13H23NO. The normalized spacial score (nSPS) is 11.3. The molecule has 0 heterocycles. The average Bonchev–Trinajstić information content (AvgIpc) is 2.27. The highest BCUT2D eigenvalue weighted by Crippen LogP contribution is 2.12. The number of hydrogen-bond donors (Lipinski definition) is 0. The van der Waals surface area contributed by atoms with Crippen molar-refractivity contribution < 1.29 is 4.79 Å². The van der Waals surface area contributed by atoms with Gasteiger partial charge in [0.1, 0.15) is 0 Å². The average molecular weight is 209 g/mol. The molecule has 2 heteroatoms. The molecule has 0 aromatic heterocycles. The van der Waals surface area contributed by atoms with Gasteiger partial charge >= 0.3 is 0 Å². The zero-order chi connectivity index (χ0) is 11.7. The Kier molecular flexibility index (Phi) is 7.69. The van der Waals surface area contributed by atoms with Crippen molar-refractivity contribution in [2.75, 3.05) is 6.54 Å². The lowest BCUT2D eigenvalue weighted by atomic mass is 10.2. The SMILES string of the molecule is C=C/C=C(\CC)N(CCCC)C(=O)CC. The smallest absolute Gasteiger partial charge is 0.226 e. The first-order valence-corrected chi connectivity index (χ1v) is 5.83. The van der Waals surface area contributed by atoms with Crippen LogP contribution in [-0.2, 0) is 4.79 Å². The van der Waals surface area contributed by atoms with Gasteiger partial charge in [-0.25, -0.2) is 0 Å². The van der Waals surface area contributed by atoms with Gasteiger partial charge in [0.25, 0.3) is 0 Å². The third kappa shape index (κ3) is 4.82. The molecule has 0 rings (SSSR count). The molecule has 1 amide bonds. The Morgan fingerprint density at radius 2 is 1.93 bits per heavy atom. The van der Waals surface area contributed by atoms with Crippen molar-refractivity contribution in [3.05, 3.63) is 24.4 Å². The van der Waals surface area contributed by atoms with E-state index in [1.165, 1.54) is 0 Å². The summed E-state index contributed by atoms with van der Waals surface area (Å²) in [5, 5.41) is 0. The van der Waals surface area contributed by atoms with Crippen LogP contribution in [0.3, 0.4) is 0 Å². The van der Waals surface area contributed by atoms with Crippen molar-refractivity contribution in [3.63, 3.8) is 0 Å². The minimum atomic E-state index is 0.207. The van der Waals surface area contributed by atoms with Crippen LogP contribution in [0, 0.1) is 0 Å². The molecule has 0 N–H and O–H groups in total. The van der Waals surface area contributed by atoms with E-state index in [0.29, 0.717) is 6.42 Å². The van der Waals surface area contributed by atoms with Gasteiger partial charge in [0.2, 0.25) is 5.91 Å². The fourth-order valence-electron chi connectivity index (χ4n) is 1.47. The van der Waals surface area contributed by atoms with Crippen LogP contribution in [0.2, 0.25) is 0 Å². The minimum Gasteiger partial charge on any atom is -0.316 e. The molecule has 0 fully saturated rings. The summed E-state index contributed by atoms with van der Waals surface area (Å²) < 4.78 is 0. The predicted molar refractivity (Wildman–Crippen MR) is 65.5 cm³/mol. The van der Waals surface area contributed by atoms with Crippen LogP contribution in [-0.4, -0.2) is 17.4 Å². The number of carbonyl (C=O) groups is 1. The largest absolute Gasteiger partial charge is 0.316 e. The maximum absolute atomic E-state index is 11.7. The first-order valence-electron chi connectivity index (χ1n) is 5.83. The lowest BCUT2D eigenvalue weighted by Gasteiger charge is -2.24. The summed E-state index contributed by atoms with van der Waals surface area (Å²) in [5.74, 6) is 0.207. The number of nitrogens with zero attached hydrogens (tertiary/aromatic N) is 1. The summed E-state index contributed by atoms with van der Waals surface area (Å²) in [4.78, 5) is 13.6. The van der Waals surface area contributed by atoms with E-state index in [4.69, 9.17) is 0 Å². The summed E-state index contributed by atoms with van der Waals surface area (Å²) in [6.07, 6.45) is 7.29. The van der Waals surface area contributed by atoms with Crippen LogP contribution < -0.4 is 0 Å². The second-order valence-electron chi connectivity index (χ2n) is 3.50. The molecule has 86 valence electrons. The van der Waals surface area contributed by atoms with E-state index < -0.39 is 0 Å². The molecule has 0 spiro atoms. The molecule has 15 heavy (non-hydrogen) atoms. The Bertz CT molecular complexity index is 231. The first kappa shape index (κ1) is 13.9. The summed E-state index contributed by atoms with van der Waals surface area (Å²) in [7, 11) is 0. The number of carbonyl (C=O) groups excluding carboxylic acids is 1. The quantitative estimate of drug-likeness (QED) is 0.588. The standard InChI is InChI=1S/C13H23NO/c1-5-9-11-14(13(15)8-4)12(7-3)10-6-2/h6,10H,2,5,7-9,11H2,1,3-4H3/b12-10+. The summed E-state index contributed by atoms with van der Waals surface area (Å²) in [6.45, 7) is 10.6. The van der Waals surface area contributed by atoms with E-state index in [1.807, 2.05) is 17.9 Å². The Labute approximate surface area is 93.7 Å². The van der Waals surface area contributed by atoms with Gasteiger partial charge in [-0.15, -0.1) is 0 Å². The highest BCUT2D eigenvalue weighted by Gasteiger charge is 2.13. The number of amides is 1. The van der Waals surface area contributed by atoms with E-state index in [9.17, 15) is 4.79 Å². The van der Waals surface area contributed by atoms with Gasteiger partial charge < -0.3 is 4.90 Å². The molecule has 0 aliphatic heterocycles. The van der Waals surface area contributed by atoms with Crippen LogP contribution in [0.4, 0.5) is 0 Å². The second-order valence-corrected chi connectivity index (χ2v) is 3.50. The van der Waals surface area contributed by atoms with E-state index in [1.54, 1.807) is 6.08 Å². The maximum Gasteiger partial charge on any atom is 0.226 e. The second kappa shape index (κ2) is 8.27. The Morgan fingerprint density at radius 1 is 1.27 bits per heavy atom. The highest BCUT2D eigenvalue weighted by atomic mass is 16.2. The zero-order valence-electron chi connectivity index (χ0n) is 10.3.